The van der Waals surface area contributed by atoms with E-state index in [0.717, 1.165) is 39.8 Å². The summed E-state index contributed by atoms with van der Waals surface area (Å²) < 4.78 is 9.33. The molecule has 0 saturated heterocycles. The van der Waals surface area contributed by atoms with Crippen LogP contribution in [0.3, 0.4) is 0 Å². The van der Waals surface area contributed by atoms with Crippen LogP contribution in [-0.2, 0) is 9.47 Å². The number of carbonyl (C=O) groups excluding carboxylic acids is 2. The van der Waals surface area contributed by atoms with Crippen molar-refractivity contribution in [2.75, 3.05) is 20.8 Å². The minimum Gasteiger partial charge on any atom is -0.464 e. The second-order valence-electron chi connectivity index (χ2n) is 9.45. The molecule has 1 N–H and O–H groups in total. The standard InChI is InChI=1S/C21H17NO3.C15H11NO2/c1-25-21(24)20-13-18(10-11-22-20)16-8-6-15(7-9-16)4-2-3-5-17-12-19(17)14-23;1-3-11-4-6-12(7-5-11)13-8-9-16-14(10-13)15(17)18-2/h6-11,13,17,19,23H,12,14H2,1H3;1,4-10H,2H3/t17?,19-;/m0./s1. The van der Waals surface area contributed by atoms with Gasteiger partial charge in [0.15, 0.2) is 0 Å². The first kappa shape index (κ1) is 30.3. The Morgan fingerprint density at radius 3 is 1.74 bits per heavy atom. The highest BCUT2D eigenvalue weighted by molar-refractivity contribution is 5.89. The number of hydrogen-bond acceptors (Lipinski definition) is 7. The lowest BCUT2D eigenvalue weighted by molar-refractivity contribution is 0.0585. The van der Waals surface area contributed by atoms with E-state index in [4.69, 9.17) is 11.5 Å². The van der Waals surface area contributed by atoms with E-state index in [2.05, 4.69) is 49.0 Å². The maximum absolute atomic E-state index is 11.6. The Balaban J connectivity index is 0.000000208. The number of terminal acetylenes is 1. The monoisotopic (exact) mass is 568 g/mol. The summed E-state index contributed by atoms with van der Waals surface area (Å²) in [5, 5.41) is 8.96. The lowest BCUT2D eigenvalue weighted by atomic mass is 10.0. The van der Waals surface area contributed by atoms with Gasteiger partial charge in [-0.1, -0.05) is 42.0 Å². The van der Waals surface area contributed by atoms with Crippen LogP contribution < -0.4 is 0 Å². The van der Waals surface area contributed by atoms with Crippen LogP contribution in [0.15, 0.2) is 85.2 Å². The van der Waals surface area contributed by atoms with Gasteiger partial charge in [0.05, 0.1) is 14.2 Å². The Morgan fingerprint density at radius 2 is 1.30 bits per heavy atom. The van der Waals surface area contributed by atoms with E-state index in [0.29, 0.717) is 11.8 Å². The van der Waals surface area contributed by atoms with Crippen molar-refractivity contribution in [2.45, 2.75) is 6.42 Å². The van der Waals surface area contributed by atoms with Crippen LogP contribution in [0.1, 0.15) is 38.5 Å². The largest absolute Gasteiger partial charge is 0.464 e. The fraction of sp³-hybridized carbons (Fsp3) is 0.167. The molecule has 1 saturated carbocycles. The van der Waals surface area contributed by atoms with E-state index >= 15 is 0 Å². The summed E-state index contributed by atoms with van der Waals surface area (Å²) in [4.78, 5) is 30.9. The molecule has 5 rings (SSSR count). The number of rotatable bonds is 5. The molecule has 0 amide bonds. The first-order valence-electron chi connectivity index (χ1n) is 13.3. The lowest BCUT2D eigenvalue weighted by Gasteiger charge is -2.04. The highest BCUT2D eigenvalue weighted by Crippen LogP contribution is 2.36. The van der Waals surface area contributed by atoms with Crippen molar-refractivity contribution in [3.63, 3.8) is 0 Å². The van der Waals surface area contributed by atoms with Gasteiger partial charge in [0, 0.05) is 36.0 Å². The average molecular weight is 569 g/mol. The van der Waals surface area contributed by atoms with Crippen LogP contribution in [-0.4, -0.2) is 47.8 Å². The van der Waals surface area contributed by atoms with Gasteiger partial charge in [0.2, 0.25) is 0 Å². The Hall–Kier alpha value is -5.68. The second-order valence-corrected chi connectivity index (χ2v) is 9.45. The number of ether oxygens (including phenoxy) is 2. The maximum Gasteiger partial charge on any atom is 0.356 e. The molecule has 1 aliphatic carbocycles. The number of nitrogens with zero attached hydrogens (tertiary/aromatic N) is 2. The number of benzene rings is 2. The van der Waals surface area contributed by atoms with Crippen LogP contribution in [0.2, 0.25) is 0 Å². The number of hydrogen-bond donors (Lipinski definition) is 1. The Labute approximate surface area is 250 Å². The number of methoxy groups -OCH3 is 2. The molecule has 2 heterocycles. The summed E-state index contributed by atoms with van der Waals surface area (Å²) in [5.41, 5.74) is 5.98. The summed E-state index contributed by atoms with van der Waals surface area (Å²) in [7, 11) is 2.67. The van der Waals surface area contributed by atoms with Gasteiger partial charge in [0.1, 0.15) is 11.4 Å². The molecular formula is C36H28N2O5. The Bertz CT molecular complexity index is 1770. The SMILES string of the molecule is C#Cc1ccc(-c2ccnc(C(=O)OC)c2)cc1.COC(=O)c1cc(-c2ccc(C#CC#CC3C[C@H]3CO)cc2)ccn1. The third-order valence-electron chi connectivity index (χ3n) is 6.60. The quantitative estimate of drug-likeness (QED) is 0.266. The summed E-state index contributed by atoms with van der Waals surface area (Å²) in [6.45, 7) is 0.209. The number of pyridine rings is 2. The fourth-order valence-corrected chi connectivity index (χ4v) is 4.02. The highest BCUT2D eigenvalue weighted by atomic mass is 16.5. The van der Waals surface area contributed by atoms with Gasteiger partial charge in [-0.3, -0.25) is 0 Å². The van der Waals surface area contributed by atoms with Gasteiger partial charge in [-0.15, -0.1) is 6.42 Å². The van der Waals surface area contributed by atoms with Crippen molar-refractivity contribution in [1.82, 2.24) is 9.97 Å². The molecular weight excluding hydrogens is 540 g/mol. The fourth-order valence-electron chi connectivity index (χ4n) is 4.02. The maximum atomic E-state index is 11.6. The number of aliphatic hydroxyl groups is 1. The van der Waals surface area contributed by atoms with Crippen LogP contribution in [0.5, 0.6) is 0 Å². The molecule has 7 nitrogen and oxygen atoms in total. The molecule has 1 aliphatic rings. The van der Waals surface area contributed by atoms with Crippen molar-refractivity contribution in [3.8, 4) is 58.3 Å². The second kappa shape index (κ2) is 14.8. The molecule has 4 aromatic rings. The van der Waals surface area contributed by atoms with E-state index < -0.39 is 11.9 Å². The zero-order chi connectivity index (χ0) is 30.6. The van der Waals surface area contributed by atoms with Gasteiger partial charge in [0.25, 0.3) is 0 Å². The average Bonchev–Trinajstić information content (AvgIpc) is 3.85. The molecule has 0 spiro atoms. The predicted molar refractivity (Wildman–Crippen MR) is 163 cm³/mol. The van der Waals surface area contributed by atoms with Crippen LogP contribution in [0.4, 0.5) is 0 Å². The number of esters is 2. The van der Waals surface area contributed by atoms with E-state index in [1.807, 2.05) is 60.7 Å². The number of aliphatic hydroxyl groups excluding tert-OH is 1. The first-order chi connectivity index (χ1) is 20.9. The zero-order valence-electron chi connectivity index (χ0n) is 23.7. The Kier molecular flexibility index (Phi) is 10.4. The number of carbonyl (C=O) groups is 2. The van der Waals surface area contributed by atoms with Crippen molar-refractivity contribution in [2.24, 2.45) is 11.8 Å². The van der Waals surface area contributed by atoms with Crippen molar-refractivity contribution in [1.29, 1.82) is 0 Å². The van der Waals surface area contributed by atoms with Gasteiger partial charge >= 0.3 is 11.9 Å². The third-order valence-corrected chi connectivity index (χ3v) is 6.60. The summed E-state index contributed by atoms with van der Waals surface area (Å²) in [5.74, 6) is 14.0. The third kappa shape index (κ3) is 8.41. The molecule has 0 bridgehead atoms. The molecule has 2 aromatic carbocycles. The molecule has 2 atom stereocenters. The molecule has 2 aromatic heterocycles. The van der Waals surface area contributed by atoms with E-state index in [-0.39, 0.29) is 18.0 Å². The lowest BCUT2D eigenvalue weighted by Crippen LogP contribution is -2.03. The van der Waals surface area contributed by atoms with E-state index in [1.165, 1.54) is 14.2 Å². The molecule has 0 aliphatic heterocycles. The van der Waals surface area contributed by atoms with Gasteiger partial charge in [-0.25, -0.2) is 19.6 Å². The molecule has 1 fully saturated rings. The minimum atomic E-state index is -0.456. The van der Waals surface area contributed by atoms with Gasteiger partial charge in [-0.2, -0.15) is 0 Å². The van der Waals surface area contributed by atoms with E-state index in [9.17, 15) is 9.59 Å². The minimum absolute atomic E-state index is 0.209. The topological polar surface area (TPSA) is 98.6 Å². The summed E-state index contributed by atoms with van der Waals surface area (Å²) in [6.07, 6.45) is 9.44. The van der Waals surface area contributed by atoms with Gasteiger partial charge in [-0.05, 0) is 95.0 Å². The summed E-state index contributed by atoms with van der Waals surface area (Å²) in [6, 6.07) is 22.3. The highest BCUT2D eigenvalue weighted by Gasteiger charge is 2.34. The molecule has 212 valence electrons. The van der Waals surface area contributed by atoms with Crippen LogP contribution >= 0.6 is 0 Å². The van der Waals surface area contributed by atoms with E-state index in [1.54, 1.807) is 24.5 Å². The normalized spacial score (nSPS) is 14.2. The smallest absolute Gasteiger partial charge is 0.356 e. The molecule has 7 heteroatoms. The molecule has 43 heavy (non-hydrogen) atoms. The van der Waals surface area contributed by atoms with Crippen molar-refractivity contribution in [3.05, 3.63) is 108 Å². The zero-order valence-corrected chi connectivity index (χ0v) is 23.7. The van der Waals surface area contributed by atoms with Gasteiger partial charge < -0.3 is 14.6 Å². The summed E-state index contributed by atoms with van der Waals surface area (Å²) >= 11 is 0. The van der Waals surface area contributed by atoms with Crippen LogP contribution in [0.25, 0.3) is 22.3 Å². The van der Waals surface area contributed by atoms with Crippen molar-refractivity contribution >= 4 is 11.9 Å². The van der Waals surface area contributed by atoms with Crippen LogP contribution in [0, 0.1) is 47.9 Å². The first-order valence-corrected chi connectivity index (χ1v) is 13.3. The molecule has 1 unspecified atom stereocenters. The number of aromatic nitrogens is 2. The molecule has 0 radical (unpaired) electrons. The predicted octanol–water partition coefficient (Wildman–Crippen LogP) is 5.04. The van der Waals surface area contributed by atoms with Crippen molar-refractivity contribution < 1.29 is 24.2 Å². The Morgan fingerprint density at radius 1 is 0.791 bits per heavy atom.